The van der Waals surface area contributed by atoms with E-state index in [-0.39, 0.29) is 17.6 Å². The fourth-order valence-corrected chi connectivity index (χ4v) is 3.31. The summed E-state index contributed by atoms with van der Waals surface area (Å²) in [6.07, 6.45) is 0. The third kappa shape index (κ3) is 5.01. The number of ether oxygens (including phenoxy) is 1. The quantitative estimate of drug-likeness (QED) is 0.645. The fourth-order valence-electron chi connectivity index (χ4n) is 3.31. The lowest BCUT2D eigenvalue weighted by atomic mass is 10.2. The predicted octanol–water partition coefficient (Wildman–Crippen LogP) is 0.913. The van der Waals surface area contributed by atoms with E-state index in [0.717, 1.165) is 31.9 Å². The van der Waals surface area contributed by atoms with Crippen molar-refractivity contribution in [3.8, 4) is 5.75 Å². The van der Waals surface area contributed by atoms with Gasteiger partial charge in [0.15, 0.2) is 6.54 Å². The Hall–Kier alpha value is -3.06. The highest BCUT2D eigenvalue weighted by molar-refractivity contribution is 5.93. The highest BCUT2D eigenvalue weighted by Gasteiger charge is 2.23. The number of nitrogens with zero attached hydrogens (tertiary/aromatic N) is 1. The van der Waals surface area contributed by atoms with E-state index in [0.29, 0.717) is 24.4 Å². The maximum absolute atomic E-state index is 12.3. The molecule has 1 saturated heterocycles. The van der Waals surface area contributed by atoms with E-state index in [1.165, 1.54) is 4.90 Å². The number of rotatable bonds is 6. The van der Waals surface area contributed by atoms with Gasteiger partial charge in [-0.25, -0.2) is 4.79 Å². The number of phenolic OH excluding ortho intramolecular Hbond substituents is 1. The molecule has 1 fully saturated rings. The lowest BCUT2D eigenvalue weighted by Crippen LogP contribution is -3.15. The van der Waals surface area contributed by atoms with E-state index in [4.69, 9.17) is 4.74 Å². The monoisotopic (exact) mass is 384 g/mol. The lowest BCUT2D eigenvalue weighted by Gasteiger charge is -2.33. The molecule has 1 aliphatic rings. The minimum Gasteiger partial charge on any atom is -0.506 e. The maximum Gasteiger partial charge on any atom is 0.338 e. The third-order valence-electron chi connectivity index (χ3n) is 4.78. The van der Waals surface area contributed by atoms with E-state index in [1.54, 1.807) is 37.3 Å². The second kappa shape index (κ2) is 9.23. The standard InChI is InChI=1S/C21H25N3O4/c1-2-28-21(27)16-7-9-17(10-8-16)22-20(26)15-23-11-13-24(14-12-23)18-5-3-4-6-19(18)25/h3-10,25H,2,11-15H2,1H3,(H,22,26)/p+1. The minimum absolute atomic E-state index is 0.0603. The van der Waals surface area contributed by atoms with Gasteiger partial charge in [0.1, 0.15) is 5.75 Å². The van der Waals surface area contributed by atoms with Crippen LogP contribution in [0.5, 0.6) is 5.75 Å². The average Bonchev–Trinajstić information content (AvgIpc) is 2.70. The van der Waals surface area contributed by atoms with Crippen molar-refractivity contribution >= 4 is 23.3 Å². The summed E-state index contributed by atoms with van der Waals surface area (Å²) in [7, 11) is 0. The summed E-state index contributed by atoms with van der Waals surface area (Å²) in [4.78, 5) is 27.3. The van der Waals surface area contributed by atoms with Crippen LogP contribution in [0.2, 0.25) is 0 Å². The van der Waals surface area contributed by atoms with Gasteiger partial charge < -0.3 is 25.0 Å². The Balaban J connectivity index is 1.47. The molecule has 7 nitrogen and oxygen atoms in total. The van der Waals surface area contributed by atoms with Gasteiger partial charge in [-0.15, -0.1) is 0 Å². The smallest absolute Gasteiger partial charge is 0.338 e. The minimum atomic E-state index is -0.368. The van der Waals surface area contributed by atoms with Crippen molar-refractivity contribution in [1.29, 1.82) is 0 Å². The zero-order valence-corrected chi connectivity index (χ0v) is 16.0. The SMILES string of the molecule is CCOC(=O)c1ccc(NC(=O)C[NH+]2CCN(c3ccccc3O)CC2)cc1. The fraction of sp³-hybridized carbons (Fsp3) is 0.333. The highest BCUT2D eigenvalue weighted by atomic mass is 16.5. The molecule has 7 heteroatoms. The molecule has 3 N–H and O–H groups in total. The first kappa shape index (κ1) is 19.7. The van der Waals surface area contributed by atoms with Gasteiger partial charge in [-0.3, -0.25) is 4.79 Å². The number of carbonyl (C=O) groups is 2. The summed E-state index contributed by atoms with van der Waals surface area (Å²) in [6.45, 7) is 5.69. The Labute approximate surface area is 164 Å². The van der Waals surface area contributed by atoms with E-state index in [1.807, 2.05) is 18.2 Å². The number of amides is 1. The second-order valence-electron chi connectivity index (χ2n) is 6.75. The van der Waals surface area contributed by atoms with Crippen LogP contribution in [-0.4, -0.2) is 56.3 Å². The summed E-state index contributed by atoms with van der Waals surface area (Å²) in [5, 5.41) is 12.9. The van der Waals surface area contributed by atoms with Gasteiger partial charge in [0.25, 0.3) is 5.91 Å². The van der Waals surface area contributed by atoms with Crippen molar-refractivity contribution in [2.75, 3.05) is 49.5 Å². The molecule has 148 valence electrons. The van der Waals surface area contributed by atoms with Crippen molar-refractivity contribution in [2.24, 2.45) is 0 Å². The van der Waals surface area contributed by atoms with E-state index >= 15 is 0 Å². The average molecular weight is 384 g/mol. The number of esters is 1. The number of hydrogen-bond acceptors (Lipinski definition) is 5. The molecule has 0 unspecified atom stereocenters. The van der Waals surface area contributed by atoms with E-state index < -0.39 is 0 Å². The van der Waals surface area contributed by atoms with Gasteiger partial charge in [-0.2, -0.15) is 0 Å². The van der Waals surface area contributed by atoms with Crippen molar-refractivity contribution in [2.45, 2.75) is 6.92 Å². The number of hydrogen-bond donors (Lipinski definition) is 3. The van der Waals surface area contributed by atoms with Gasteiger partial charge in [0, 0.05) is 5.69 Å². The van der Waals surface area contributed by atoms with Crippen LogP contribution < -0.4 is 15.1 Å². The van der Waals surface area contributed by atoms with Gasteiger partial charge >= 0.3 is 5.97 Å². The summed E-state index contributed by atoms with van der Waals surface area (Å²) in [5.74, 6) is -0.142. The van der Waals surface area contributed by atoms with Crippen LogP contribution in [0.4, 0.5) is 11.4 Å². The number of para-hydroxylation sites is 2. The first-order valence-corrected chi connectivity index (χ1v) is 9.50. The van der Waals surface area contributed by atoms with Crippen molar-refractivity contribution in [1.82, 2.24) is 0 Å². The Morgan fingerprint density at radius 3 is 2.43 bits per heavy atom. The number of piperazine rings is 1. The summed E-state index contributed by atoms with van der Waals surface area (Å²) in [5.41, 5.74) is 1.96. The maximum atomic E-state index is 12.3. The zero-order valence-electron chi connectivity index (χ0n) is 16.0. The first-order valence-electron chi connectivity index (χ1n) is 9.50. The largest absolute Gasteiger partial charge is 0.506 e. The van der Waals surface area contributed by atoms with Crippen LogP contribution in [0.1, 0.15) is 17.3 Å². The number of aromatic hydroxyl groups is 1. The topological polar surface area (TPSA) is 83.3 Å². The number of quaternary nitrogens is 1. The highest BCUT2D eigenvalue weighted by Crippen LogP contribution is 2.25. The molecule has 0 atom stereocenters. The molecule has 1 heterocycles. The zero-order chi connectivity index (χ0) is 19.9. The number of benzene rings is 2. The molecule has 0 aliphatic carbocycles. The first-order chi connectivity index (χ1) is 13.6. The van der Waals surface area contributed by atoms with Crippen LogP contribution in [-0.2, 0) is 9.53 Å². The summed E-state index contributed by atoms with van der Waals surface area (Å²) < 4.78 is 4.95. The second-order valence-corrected chi connectivity index (χ2v) is 6.75. The number of phenols is 1. The Morgan fingerprint density at radius 1 is 1.11 bits per heavy atom. The van der Waals surface area contributed by atoms with Crippen molar-refractivity contribution in [3.63, 3.8) is 0 Å². The van der Waals surface area contributed by atoms with Gasteiger partial charge in [0.2, 0.25) is 0 Å². The van der Waals surface area contributed by atoms with Crippen LogP contribution in [0.15, 0.2) is 48.5 Å². The number of anilines is 2. The molecule has 28 heavy (non-hydrogen) atoms. The Morgan fingerprint density at radius 2 is 1.79 bits per heavy atom. The predicted molar refractivity (Wildman–Crippen MR) is 107 cm³/mol. The molecular formula is C21H26N3O4+. The molecule has 0 bridgehead atoms. The van der Waals surface area contributed by atoms with Crippen LogP contribution >= 0.6 is 0 Å². The number of nitrogens with one attached hydrogen (secondary N) is 2. The third-order valence-corrected chi connectivity index (χ3v) is 4.78. The van der Waals surface area contributed by atoms with Crippen molar-refractivity contribution < 1.29 is 24.3 Å². The molecule has 0 spiro atoms. The normalized spacial score (nSPS) is 14.5. The summed E-state index contributed by atoms with van der Waals surface area (Å²) in [6, 6.07) is 14.0. The van der Waals surface area contributed by atoms with E-state index in [2.05, 4.69) is 10.2 Å². The molecule has 1 amide bonds. The number of carbonyl (C=O) groups excluding carboxylic acids is 2. The van der Waals surface area contributed by atoms with Gasteiger partial charge in [0.05, 0.1) is 44.0 Å². The summed E-state index contributed by atoms with van der Waals surface area (Å²) >= 11 is 0. The van der Waals surface area contributed by atoms with Gasteiger partial charge in [-0.1, -0.05) is 12.1 Å². The Kier molecular flexibility index (Phi) is 6.49. The molecule has 3 rings (SSSR count). The van der Waals surface area contributed by atoms with E-state index in [9.17, 15) is 14.7 Å². The molecule has 2 aromatic carbocycles. The Bertz CT molecular complexity index is 815. The molecule has 0 aromatic heterocycles. The lowest BCUT2D eigenvalue weighted by molar-refractivity contribution is -0.892. The molecule has 0 saturated carbocycles. The van der Waals surface area contributed by atoms with Gasteiger partial charge in [-0.05, 0) is 43.3 Å². The van der Waals surface area contributed by atoms with Crippen molar-refractivity contribution in [3.05, 3.63) is 54.1 Å². The molecule has 0 radical (unpaired) electrons. The molecular weight excluding hydrogens is 358 g/mol. The van der Waals surface area contributed by atoms with Crippen LogP contribution in [0.3, 0.4) is 0 Å². The van der Waals surface area contributed by atoms with Crippen LogP contribution in [0, 0.1) is 0 Å². The molecule has 1 aliphatic heterocycles. The molecule has 2 aromatic rings. The van der Waals surface area contributed by atoms with Crippen LogP contribution in [0.25, 0.3) is 0 Å².